The Balaban J connectivity index is 0.000000181. The van der Waals surface area contributed by atoms with Crippen molar-refractivity contribution in [1.82, 2.24) is 0 Å². The molecule has 5 N–H and O–H groups in total. The first kappa shape index (κ1) is 19.8. The van der Waals surface area contributed by atoms with E-state index in [1.54, 1.807) is 12.1 Å². The van der Waals surface area contributed by atoms with Gasteiger partial charge < -0.3 is 34.7 Å². The van der Waals surface area contributed by atoms with Gasteiger partial charge in [-0.2, -0.15) is 0 Å². The number of aliphatic hydroxyl groups excluding tert-OH is 5. The molecule has 0 bridgehead atoms. The molecule has 5 atom stereocenters. The second-order valence-corrected chi connectivity index (χ2v) is 5.72. The van der Waals surface area contributed by atoms with Crippen LogP contribution in [0.1, 0.15) is 5.56 Å². The van der Waals surface area contributed by atoms with Gasteiger partial charge in [0, 0.05) is 5.39 Å². The highest BCUT2D eigenvalue weighted by molar-refractivity contribution is 6.17. The smallest absolute Gasteiger partial charge is 0.340 e. The number of hydrogen-bond acceptors (Lipinski definition) is 8. The number of benzene rings is 1. The van der Waals surface area contributed by atoms with Crippen molar-refractivity contribution in [1.29, 1.82) is 0 Å². The molecule has 2 heterocycles. The first-order chi connectivity index (χ1) is 11.9. The molecule has 1 fully saturated rings. The predicted octanol–water partition coefficient (Wildman–Crippen LogP) is -0.690. The van der Waals surface area contributed by atoms with Crippen LogP contribution in [-0.4, -0.2) is 62.8 Å². The minimum atomic E-state index is -1.57. The van der Waals surface area contributed by atoms with E-state index in [1.807, 2.05) is 18.2 Å². The Labute approximate surface area is 147 Å². The van der Waals surface area contributed by atoms with E-state index in [1.165, 1.54) is 0 Å². The largest absolute Gasteiger partial charge is 0.422 e. The van der Waals surface area contributed by atoms with Crippen LogP contribution in [0.15, 0.2) is 39.5 Å². The molecule has 0 aliphatic carbocycles. The van der Waals surface area contributed by atoms with E-state index in [9.17, 15) is 4.79 Å². The van der Waals surface area contributed by atoms with Crippen molar-refractivity contribution in [2.24, 2.45) is 0 Å². The topological polar surface area (TPSA) is 141 Å². The Morgan fingerprint density at radius 1 is 1.04 bits per heavy atom. The van der Waals surface area contributed by atoms with Crippen LogP contribution in [0.4, 0.5) is 0 Å². The summed E-state index contributed by atoms with van der Waals surface area (Å²) in [6.45, 7) is -0.526. The lowest BCUT2D eigenvalue weighted by atomic mass is 10.00. The molecule has 0 spiro atoms. The number of hydrogen-bond donors (Lipinski definition) is 5. The first-order valence-electron chi connectivity index (χ1n) is 7.45. The SMILES string of the molecule is O=c1oc2ccccc2cc1CCl.OC[C@H]1OC(O)[C@H](O)[C@@H](O)[C@H]1O. The first-order valence-corrected chi connectivity index (χ1v) is 7.98. The zero-order chi connectivity index (χ0) is 18.6. The highest BCUT2D eigenvalue weighted by atomic mass is 35.5. The third-order valence-corrected chi connectivity index (χ3v) is 4.01. The maximum absolute atomic E-state index is 11.2. The van der Waals surface area contributed by atoms with E-state index in [0.717, 1.165) is 5.39 Å². The molecule has 2 aromatic rings. The fraction of sp³-hybridized carbons (Fsp3) is 0.438. The fourth-order valence-electron chi connectivity index (χ4n) is 2.28. The van der Waals surface area contributed by atoms with Gasteiger partial charge in [-0.1, -0.05) is 18.2 Å². The zero-order valence-electron chi connectivity index (χ0n) is 13.0. The van der Waals surface area contributed by atoms with Gasteiger partial charge in [-0.25, -0.2) is 4.79 Å². The van der Waals surface area contributed by atoms with Gasteiger partial charge in [0.25, 0.3) is 0 Å². The van der Waals surface area contributed by atoms with Crippen molar-refractivity contribution in [2.75, 3.05) is 6.61 Å². The minimum absolute atomic E-state index is 0.188. The summed E-state index contributed by atoms with van der Waals surface area (Å²) < 4.78 is 9.62. The number of rotatable bonds is 2. The van der Waals surface area contributed by atoms with Crippen molar-refractivity contribution in [3.63, 3.8) is 0 Å². The van der Waals surface area contributed by atoms with E-state index in [-0.39, 0.29) is 11.5 Å². The summed E-state index contributed by atoms with van der Waals surface area (Å²) in [6, 6.07) is 9.11. The molecule has 1 aromatic carbocycles. The van der Waals surface area contributed by atoms with Crippen molar-refractivity contribution >= 4 is 22.6 Å². The highest BCUT2D eigenvalue weighted by Crippen LogP contribution is 2.19. The quantitative estimate of drug-likeness (QED) is 0.343. The standard InChI is InChI=1S/C10H7ClO2.C6H12O6/c11-6-8-5-7-3-1-2-4-9(7)13-10(8)12;7-1-2-3(8)4(9)5(10)6(11)12-2/h1-5H,6H2;2-11H,1H2/t;2-,3+,4+,5-,6?/m.1/s1. The lowest BCUT2D eigenvalue weighted by Crippen LogP contribution is -2.58. The molecule has 1 unspecified atom stereocenters. The van der Waals surface area contributed by atoms with Crippen LogP contribution in [0, 0.1) is 0 Å². The van der Waals surface area contributed by atoms with E-state index < -0.39 is 37.3 Å². The molecule has 1 aliphatic rings. The maximum atomic E-state index is 11.2. The number of halogens is 1. The Morgan fingerprint density at radius 2 is 1.72 bits per heavy atom. The van der Waals surface area contributed by atoms with Gasteiger partial charge in [0.15, 0.2) is 6.29 Å². The number of aliphatic hydroxyl groups is 5. The molecule has 0 saturated carbocycles. The van der Waals surface area contributed by atoms with E-state index in [0.29, 0.717) is 11.1 Å². The molecule has 3 rings (SSSR count). The van der Waals surface area contributed by atoms with Crippen LogP contribution < -0.4 is 5.63 Å². The molecule has 1 aliphatic heterocycles. The predicted molar refractivity (Wildman–Crippen MR) is 88.0 cm³/mol. The Morgan fingerprint density at radius 3 is 2.36 bits per heavy atom. The molecule has 1 saturated heterocycles. The van der Waals surface area contributed by atoms with E-state index in [2.05, 4.69) is 4.74 Å². The summed E-state index contributed by atoms with van der Waals surface area (Å²) in [5.74, 6) is 0.188. The molecule has 138 valence electrons. The van der Waals surface area contributed by atoms with Crippen LogP contribution in [0.3, 0.4) is 0 Å². The normalized spacial score (nSPS) is 29.1. The van der Waals surface area contributed by atoms with Crippen molar-refractivity contribution in [3.05, 3.63) is 46.3 Å². The maximum Gasteiger partial charge on any atom is 0.340 e. The highest BCUT2D eigenvalue weighted by Gasteiger charge is 2.42. The number of alkyl halides is 1. The second-order valence-electron chi connectivity index (χ2n) is 5.45. The molecule has 0 radical (unpaired) electrons. The van der Waals surface area contributed by atoms with Crippen molar-refractivity contribution in [3.8, 4) is 0 Å². The Kier molecular flexibility index (Phi) is 6.91. The number of para-hydroxylation sites is 1. The summed E-state index contributed by atoms with van der Waals surface area (Å²) >= 11 is 5.57. The van der Waals surface area contributed by atoms with E-state index >= 15 is 0 Å². The van der Waals surface area contributed by atoms with Crippen molar-refractivity contribution in [2.45, 2.75) is 36.6 Å². The lowest BCUT2D eigenvalue weighted by molar-refractivity contribution is -0.286. The third-order valence-electron chi connectivity index (χ3n) is 3.72. The van der Waals surface area contributed by atoms with Crippen LogP contribution >= 0.6 is 11.6 Å². The van der Waals surface area contributed by atoms with Crippen molar-refractivity contribution < 1.29 is 34.7 Å². The van der Waals surface area contributed by atoms with Gasteiger partial charge in [-0.3, -0.25) is 0 Å². The summed E-state index contributed by atoms with van der Waals surface area (Å²) in [7, 11) is 0. The zero-order valence-corrected chi connectivity index (χ0v) is 13.8. The average molecular weight is 375 g/mol. The average Bonchev–Trinajstić information content (AvgIpc) is 2.63. The molecule has 25 heavy (non-hydrogen) atoms. The molecule has 1 aromatic heterocycles. The molecule has 8 nitrogen and oxygen atoms in total. The third kappa shape index (κ3) is 4.56. The molecule has 9 heteroatoms. The minimum Gasteiger partial charge on any atom is -0.422 e. The molecule has 0 amide bonds. The lowest BCUT2D eigenvalue weighted by Gasteiger charge is -2.37. The summed E-state index contributed by atoms with van der Waals surface area (Å²) in [4.78, 5) is 11.2. The Bertz CT molecular complexity index is 743. The van der Waals surface area contributed by atoms with Gasteiger partial charge in [0.05, 0.1) is 18.1 Å². The van der Waals surface area contributed by atoms with Crippen LogP contribution in [0.25, 0.3) is 11.0 Å². The number of fused-ring (bicyclic) bond motifs is 1. The monoisotopic (exact) mass is 374 g/mol. The summed E-state index contributed by atoms with van der Waals surface area (Å²) in [5, 5.41) is 45.6. The Hall–Kier alpha value is -1.52. The van der Waals surface area contributed by atoms with E-state index in [4.69, 9.17) is 41.6 Å². The van der Waals surface area contributed by atoms with Crippen LogP contribution in [0.5, 0.6) is 0 Å². The second kappa shape index (κ2) is 8.72. The van der Waals surface area contributed by atoms with Gasteiger partial charge in [0.2, 0.25) is 0 Å². The fourth-order valence-corrected chi connectivity index (χ4v) is 2.47. The summed E-state index contributed by atoms with van der Waals surface area (Å²) in [6.07, 6.45) is -7.04. The van der Waals surface area contributed by atoms with Crippen LogP contribution in [-0.2, 0) is 10.6 Å². The van der Waals surface area contributed by atoms with Crippen LogP contribution in [0.2, 0.25) is 0 Å². The summed E-state index contributed by atoms with van der Waals surface area (Å²) in [5.41, 5.74) is 0.746. The molecular weight excluding hydrogens is 356 g/mol. The van der Waals surface area contributed by atoms with Gasteiger partial charge in [-0.15, -0.1) is 11.6 Å². The number of ether oxygens (including phenoxy) is 1. The van der Waals surface area contributed by atoms with Gasteiger partial charge >= 0.3 is 5.63 Å². The van der Waals surface area contributed by atoms with Gasteiger partial charge in [-0.05, 0) is 12.1 Å². The molecular formula is C16H19ClO8. The van der Waals surface area contributed by atoms with Gasteiger partial charge in [0.1, 0.15) is 30.0 Å².